The van der Waals surface area contributed by atoms with Gasteiger partial charge in [-0.25, -0.2) is 4.39 Å². The fraction of sp³-hybridized carbons (Fsp3) is 0.333. The molecule has 0 saturated heterocycles. The Labute approximate surface area is 141 Å². The van der Waals surface area contributed by atoms with Crippen LogP contribution in [-0.4, -0.2) is 35.9 Å². The van der Waals surface area contributed by atoms with E-state index in [-0.39, 0.29) is 6.54 Å². The van der Waals surface area contributed by atoms with Crippen LogP contribution in [0, 0.1) is 0 Å². The summed E-state index contributed by atoms with van der Waals surface area (Å²) < 4.78 is 21.8. The van der Waals surface area contributed by atoms with Crippen molar-refractivity contribution in [3.63, 3.8) is 0 Å². The second kappa shape index (κ2) is 16.8. The minimum atomic E-state index is -0.894. The first-order chi connectivity index (χ1) is 11.2. The summed E-state index contributed by atoms with van der Waals surface area (Å²) in [5.41, 5.74) is 7.00. The molecule has 2 aromatic rings. The lowest BCUT2D eigenvalue weighted by Gasteiger charge is -2.02. The van der Waals surface area contributed by atoms with E-state index in [0.29, 0.717) is 0 Å². The van der Waals surface area contributed by atoms with Crippen LogP contribution in [0.25, 0.3) is 11.1 Å². The van der Waals surface area contributed by atoms with Crippen molar-refractivity contribution < 1.29 is 13.7 Å². The molecule has 0 spiro atoms. The molecule has 0 amide bonds. The van der Waals surface area contributed by atoms with Gasteiger partial charge in [-0.1, -0.05) is 56.3 Å². The van der Waals surface area contributed by atoms with Crippen molar-refractivity contribution in [1.29, 1.82) is 0 Å². The highest BCUT2D eigenvalue weighted by atomic mass is 32.2. The van der Waals surface area contributed by atoms with E-state index < -0.39 is 17.5 Å². The Kier molecular flexibility index (Phi) is 17.3. The lowest BCUT2D eigenvalue weighted by Crippen LogP contribution is -1.98. The largest absolute Gasteiger partial charge is 0.400 e. The number of aliphatic hydroxyl groups excluding tert-OH is 1. The molecule has 0 radical (unpaired) electrons. The molecule has 0 saturated carbocycles. The first-order valence-corrected chi connectivity index (χ1v) is 8.94. The van der Waals surface area contributed by atoms with Gasteiger partial charge in [0.25, 0.3) is 0 Å². The third kappa shape index (κ3) is 10.7. The number of hydrogen-bond donors (Lipinski definition) is 2. The molecule has 0 heterocycles. The number of benzene rings is 2. The molecule has 0 aliphatic carbocycles. The molecular weight excluding hydrogens is 313 g/mol. The summed E-state index contributed by atoms with van der Waals surface area (Å²) in [4.78, 5) is 0.870. The van der Waals surface area contributed by atoms with E-state index >= 15 is 0 Å². The third-order valence-corrected chi connectivity index (χ3v) is 3.34. The van der Waals surface area contributed by atoms with Gasteiger partial charge in [0.1, 0.15) is 6.67 Å². The molecule has 0 bridgehead atoms. The number of hydrogen-bond acceptors (Lipinski definition) is 3. The maximum Gasteiger partial charge on any atom is 0.102 e. The van der Waals surface area contributed by atoms with Gasteiger partial charge >= 0.3 is 0 Å². The van der Waals surface area contributed by atoms with Crippen molar-refractivity contribution in [2.75, 3.05) is 26.6 Å². The molecule has 0 fully saturated rings. The van der Waals surface area contributed by atoms with Crippen LogP contribution in [0.3, 0.4) is 0 Å². The molecule has 5 heteroatoms. The maximum atomic E-state index is 11.2. The number of aliphatic hydroxyl groups is 1. The van der Waals surface area contributed by atoms with Crippen molar-refractivity contribution in [3.05, 3.63) is 54.6 Å². The third-order valence-electron chi connectivity index (χ3n) is 2.40. The Morgan fingerprint density at radius 1 is 0.957 bits per heavy atom. The van der Waals surface area contributed by atoms with Gasteiger partial charge in [-0.15, -0.1) is 0 Å². The molecule has 130 valence electrons. The quantitative estimate of drug-likeness (QED) is 0.896. The minimum Gasteiger partial charge on any atom is -0.400 e. The Hall–Kier alpha value is -1.56. The summed E-state index contributed by atoms with van der Waals surface area (Å²) in [6.45, 7) is 3.75. The standard InChI is InChI=1S/C13H12OS.C2H6FN.C2H6.CH4O/c1-15(14)13-9-7-12(8-10-13)11-5-3-2-4-6-11;3-1-2-4;2*1-2/h2-10H,1H3;1-2,4H2;1-2H3;2H,1H3. The van der Waals surface area contributed by atoms with Crippen LogP contribution in [0.4, 0.5) is 4.39 Å². The zero-order chi connectivity index (χ0) is 18.1. The monoisotopic (exact) mass is 341 g/mol. The van der Waals surface area contributed by atoms with Crippen molar-refractivity contribution in [3.8, 4) is 11.1 Å². The maximum absolute atomic E-state index is 11.2. The summed E-state index contributed by atoms with van der Waals surface area (Å²) in [5, 5.41) is 7.00. The zero-order valence-corrected chi connectivity index (χ0v) is 15.1. The SMILES string of the molecule is CC.CO.CS(=O)c1ccc(-c2ccccc2)cc1.NCCF. The fourth-order valence-corrected chi connectivity index (χ4v) is 1.99. The highest BCUT2D eigenvalue weighted by Gasteiger charge is 1.98. The van der Waals surface area contributed by atoms with E-state index in [9.17, 15) is 8.60 Å². The highest BCUT2D eigenvalue weighted by Crippen LogP contribution is 2.19. The van der Waals surface area contributed by atoms with Crippen LogP contribution >= 0.6 is 0 Å². The summed E-state index contributed by atoms with van der Waals surface area (Å²) in [6.07, 6.45) is 1.69. The van der Waals surface area contributed by atoms with E-state index in [0.717, 1.165) is 17.6 Å². The van der Waals surface area contributed by atoms with Crippen LogP contribution < -0.4 is 5.73 Å². The first-order valence-electron chi connectivity index (χ1n) is 7.38. The average molecular weight is 341 g/mol. The normalized spacial score (nSPS) is 9.87. The molecule has 0 aliphatic heterocycles. The topological polar surface area (TPSA) is 63.3 Å². The Morgan fingerprint density at radius 2 is 1.35 bits per heavy atom. The molecule has 1 unspecified atom stereocenters. The van der Waals surface area contributed by atoms with Crippen molar-refractivity contribution >= 4 is 10.8 Å². The van der Waals surface area contributed by atoms with Crippen molar-refractivity contribution in [2.45, 2.75) is 18.7 Å². The van der Waals surface area contributed by atoms with E-state index in [1.54, 1.807) is 6.26 Å². The Morgan fingerprint density at radius 3 is 1.70 bits per heavy atom. The van der Waals surface area contributed by atoms with E-state index in [1.807, 2.05) is 56.3 Å². The van der Waals surface area contributed by atoms with Crippen LogP contribution in [0.2, 0.25) is 0 Å². The Balaban J connectivity index is 0. The number of nitrogens with two attached hydrogens (primary N) is 1. The molecular formula is C18H28FNO2S. The first kappa shape index (κ1) is 23.7. The summed E-state index contributed by atoms with van der Waals surface area (Å²) in [7, 11) is 0.106. The van der Waals surface area contributed by atoms with Crippen LogP contribution in [0.15, 0.2) is 59.5 Å². The van der Waals surface area contributed by atoms with E-state index in [4.69, 9.17) is 5.11 Å². The van der Waals surface area contributed by atoms with Gasteiger partial charge in [0.2, 0.25) is 0 Å². The number of rotatable bonds is 3. The van der Waals surface area contributed by atoms with Gasteiger partial charge in [-0.3, -0.25) is 4.21 Å². The molecule has 2 aromatic carbocycles. The smallest absolute Gasteiger partial charge is 0.102 e. The van der Waals surface area contributed by atoms with Crippen LogP contribution in [-0.2, 0) is 10.8 Å². The minimum absolute atomic E-state index is 0.153. The second-order valence-electron chi connectivity index (χ2n) is 3.82. The predicted molar refractivity (Wildman–Crippen MR) is 98.7 cm³/mol. The number of alkyl halides is 1. The van der Waals surface area contributed by atoms with Crippen molar-refractivity contribution in [1.82, 2.24) is 0 Å². The molecule has 23 heavy (non-hydrogen) atoms. The number of halogens is 1. The van der Waals surface area contributed by atoms with E-state index in [2.05, 4.69) is 17.9 Å². The lowest BCUT2D eigenvalue weighted by molar-refractivity contribution is 0.399. The Bertz CT molecular complexity index is 502. The molecule has 1 atom stereocenters. The highest BCUT2D eigenvalue weighted by molar-refractivity contribution is 7.84. The summed E-state index contributed by atoms with van der Waals surface area (Å²) in [6, 6.07) is 18.0. The molecule has 3 N–H and O–H groups in total. The van der Waals surface area contributed by atoms with Gasteiger partial charge < -0.3 is 10.8 Å². The summed E-state index contributed by atoms with van der Waals surface area (Å²) >= 11 is 0. The van der Waals surface area contributed by atoms with E-state index in [1.165, 1.54) is 5.56 Å². The zero-order valence-electron chi connectivity index (χ0n) is 14.3. The fourth-order valence-electron chi connectivity index (χ4n) is 1.47. The predicted octanol–water partition coefficient (Wildman–Crippen LogP) is 3.64. The van der Waals surface area contributed by atoms with Crippen LogP contribution in [0.1, 0.15) is 13.8 Å². The van der Waals surface area contributed by atoms with Crippen molar-refractivity contribution in [2.24, 2.45) is 5.73 Å². The van der Waals surface area contributed by atoms with Gasteiger partial charge in [0.05, 0.1) is 0 Å². The summed E-state index contributed by atoms with van der Waals surface area (Å²) in [5.74, 6) is 0. The lowest BCUT2D eigenvalue weighted by atomic mass is 10.1. The van der Waals surface area contributed by atoms with Gasteiger partial charge in [-0.05, 0) is 23.3 Å². The van der Waals surface area contributed by atoms with Gasteiger partial charge in [-0.2, -0.15) is 0 Å². The van der Waals surface area contributed by atoms with Crippen LogP contribution in [0.5, 0.6) is 0 Å². The molecule has 3 nitrogen and oxygen atoms in total. The molecule has 0 aromatic heterocycles. The molecule has 2 rings (SSSR count). The second-order valence-corrected chi connectivity index (χ2v) is 5.20. The van der Waals surface area contributed by atoms with Gasteiger partial charge in [0.15, 0.2) is 0 Å². The average Bonchev–Trinajstić information content (AvgIpc) is 2.66. The molecule has 0 aliphatic rings. The van der Waals surface area contributed by atoms with Gasteiger partial charge in [0, 0.05) is 35.6 Å².